The number of anilines is 1. The SMILES string of the molecule is CC(C)OC(=O)c1ccc(NC(=O)c2cc(S(C)(=O)=O)ccc2Cl)cc1. The van der Waals surface area contributed by atoms with E-state index in [0.717, 1.165) is 6.26 Å². The molecule has 0 radical (unpaired) electrons. The smallest absolute Gasteiger partial charge is 0.338 e. The molecule has 6 nitrogen and oxygen atoms in total. The summed E-state index contributed by atoms with van der Waals surface area (Å²) in [7, 11) is -3.46. The van der Waals surface area contributed by atoms with Gasteiger partial charge in [0.05, 0.1) is 27.1 Å². The number of hydrogen-bond acceptors (Lipinski definition) is 5. The van der Waals surface area contributed by atoms with Crippen LogP contribution in [0.1, 0.15) is 34.6 Å². The summed E-state index contributed by atoms with van der Waals surface area (Å²) in [5.74, 6) is -1.01. The van der Waals surface area contributed by atoms with E-state index >= 15 is 0 Å². The van der Waals surface area contributed by atoms with Gasteiger partial charge in [-0.3, -0.25) is 4.79 Å². The molecule has 2 aromatic rings. The molecule has 0 saturated carbocycles. The Morgan fingerprint density at radius 2 is 1.69 bits per heavy atom. The van der Waals surface area contributed by atoms with E-state index in [0.29, 0.717) is 11.3 Å². The molecule has 2 rings (SSSR count). The lowest BCUT2D eigenvalue weighted by Gasteiger charge is -2.10. The van der Waals surface area contributed by atoms with Gasteiger partial charge in [-0.15, -0.1) is 0 Å². The van der Waals surface area contributed by atoms with Crippen molar-refractivity contribution in [3.8, 4) is 0 Å². The van der Waals surface area contributed by atoms with Gasteiger partial charge in [0.15, 0.2) is 9.84 Å². The number of benzene rings is 2. The number of sulfone groups is 1. The van der Waals surface area contributed by atoms with E-state index < -0.39 is 21.7 Å². The van der Waals surface area contributed by atoms with Crippen LogP contribution in [0.4, 0.5) is 5.69 Å². The van der Waals surface area contributed by atoms with Gasteiger partial charge in [0, 0.05) is 11.9 Å². The summed E-state index contributed by atoms with van der Waals surface area (Å²) in [5, 5.41) is 2.75. The number of nitrogens with one attached hydrogen (secondary N) is 1. The molecule has 8 heteroatoms. The summed E-state index contributed by atoms with van der Waals surface area (Å²) < 4.78 is 28.4. The first-order valence-corrected chi connectivity index (χ1v) is 9.97. The van der Waals surface area contributed by atoms with Gasteiger partial charge in [-0.2, -0.15) is 0 Å². The van der Waals surface area contributed by atoms with Crippen molar-refractivity contribution in [3.63, 3.8) is 0 Å². The molecular formula is C18H18ClNO5S. The second-order valence-electron chi connectivity index (χ2n) is 5.90. The van der Waals surface area contributed by atoms with Crippen LogP contribution in [0.2, 0.25) is 5.02 Å². The van der Waals surface area contributed by atoms with Gasteiger partial charge >= 0.3 is 5.97 Å². The minimum atomic E-state index is -3.46. The number of rotatable bonds is 5. The zero-order chi connectivity index (χ0) is 19.5. The molecule has 0 aromatic heterocycles. The molecule has 0 unspecified atom stereocenters. The third-order valence-electron chi connectivity index (χ3n) is 3.33. The molecule has 1 amide bonds. The number of hydrogen-bond donors (Lipinski definition) is 1. The van der Waals surface area contributed by atoms with Crippen LogP contribution in [-0.4, -0.2) is 32.7 Å². The molecule has 0 bridgehead atoms. The average Bonchev–Trinajstić information content (AvgIpc) is 2.54. The maximum absolute atomic E-state index is 12.4. The van der Waals surface area contributed by atoms with Crippen molar-refractivity contribution in [1.29, 1.82) is 0 Å². The molecule has 0 aliphatic heterocycles. The summed E-state index contributed by atoms with van der Waals surface area (Å²) in [6.45, 7) is 3.50. The van der Waals surface area contributed by atoms with Crippen molar-refractivity contribution in [1.82, 2.24) is 0 Å². The van der Waals surface area contributed by atoms with Gasteiger partial charge in [0.2, 0.25) is 0 Å². The van der Waals surface area contributed by atoms with Crippen LogP contribution in [-0.2, 0) is 14.6 Å². The lowest BCUT2D eigenvalue weighted by molar-refractivity contribution is 0.0378. The highest BCUT2D eigenvalue weighted by Gasteiger charge is 2.16. The standard InChI is InChI=1S/C18H18ClNO5S/c1-11(2)25-18(22)12-4-6-13(7-5-12)20-17(21)15-10-14(26(3,23)24)8-9-16(15)19/h4-11H,1-3H3,(H,20,21). The van der Waals surface area contributed by atoms with Gasteiger partial charge in [0.1, 0.15) is 0 Å². The molecular weight excluding hydrogens is 378 g/mol. The summed E-state index contributed by atoms with van der Waals surface area (Å²) in [6.07, 6.45) is 0.818. The number of esters is 1. The van der Waals surface area contributed by atoms with Crippen LogP contribution < -0.4 is 5.32 Å². The first-order valence-electron chi connectivity index (χ1n) is 7.70. The molecule has 26 heavy (non-hydrogen) atoms. The average molecular weight is 396 g/mol. The largest absolute Gasteiger partial charge is 0.459 e. The summed E-state index contributed by atoms with van der Waals surface area (Å²) in [6, 6.07) is 10.1. The van der Waals surface area contributed by atoms with Crippen molar-refractivity contribution in [2.24, 2.45) is 0 Å². The zero-order valence-electron chi connectivity index (χ0n) is 14.4. The van der Waals surface area contributed by atoms with E-state index in [9.17, 15) is 18.0 Å². The van der Waals surface area contributed by atoms with E-state index in [1.54, 1.807) is 26.0 Å². The number of carbonyl (C=O) groups excluding carboxylic acids is 2. The quantitative estimate of drug-likeness (QED) is 0.782. The first-order chi connectivity index (χ1) is 12.1. The lowest BCUT2D eigenvalue weighted by Crippen LogP contribution is -2.14. The molecule has 0 atom stereocenters. The topological polar surface area (TPSA) is 89.5 Å². The Balaban J connectivity index is 2.19. The Bertz CT molecular complexity index is 937. The van der Waals surface area contributed by atoms with Crippen molar-refractivity contribution in [3.05, 3.63) is 58.6 Å². The Hall–Kier alpha value is -2.38. The molecule has 2 aromatic carbocycles. The zero-order valence-corrected chi connectivity index (χ0v) is 16.0. The Morgan fingerprint density at radius 1 is 1.08 bits per heavy atom. The minimum Gasteiger partial charge on any atom is -0.459 e. The highest BCUT2D eigenvalue weighted by Crippen LogP contribution is 2.22. The van der Waals surface area contributed by atoms with E-state index in [1.165, 1.54) is 30.3 Å². The summed E-state index contributed by atoms with van der Waals surface area (Å²) in [4.78, 5) is 24.2. The van der Waals surface area contributed by atoms with Crippen LogP contribution in [0.25, 0.3) is 0 Å². The van der Waals surface area contributed by atoms with Crippen LogP contribution in [0, 0.1) is 0 Å². The van der Waals surface area contributed by atoms with E-state index in [-0.39, 0.29) is 21.6 Å². The van der Waals surface area contributed by atoms with Crippen LogP contribution in [0.15, 0.2) is 47.4 Å². The van der Waals surface area contributed by atoms with Crippen LogP contribution in [0.5, 0.6) is 0 Å². The lowest BCUT2D eigenvalue weighted by atomic mass is 10.2. The molecule has 138 valence electrons. The van der Waals surface area contributed by atoms with Gasteiger partial charge in [-0.05, 0) is 56.3 Å². The number of amides is 1. The molecule has 0 heterocycles. The second kappa shape index (κ2) is 7.88. The third-order valence-corrected chi connectivity index (χ3v) is 4.77. The maximum Gasteiger partial charge on any atom is 0.338 e. The summed E-state index contributed by atoms with van der Waals surface area (Å²) in [5.41, 5.74) is 0.823. The fourth-order valence-electron chi connectivity index (χ4n) is 2.08. The van der Waals surface area contributed by atoms with Gasteiger partial charge < -0.3 is 10.1 Å². The van der Waals surface area contributed by atoms with Crippen molar-refractivity contribution in [2.75, 3.05) is 11.6 Å². The second-order valence-corrected chi connectivity index (χ2v) is 8.32. The molecule has 0 spiro atoms. The molecule has 1 N–H and O–H groups in total. The first kappa shape index (κ1) is 19.9. The monoisotopic (exact) mass is 395 g/mol. The van der Waals surface area contributed by atoms with Crippen molar-refractivity contribution >= 4 is 39.0 Å². The van der Waals surface area contributed by atoms with E-state index in [4.69, 9.17) is 16.3 Å². The molecule has 0 fully saturated rings. The van der Waals surface area contributed by atoms with Crippen molar-refractivity contribution in [2.45, 2.75) is 24.8 Å². The van der Waals surface area contributed by atoms with Crippen molar-refractivity contribution < 1.29 is 22.7 Å². The predicted octanol–water partition coefficient (Wildman–Crippen LogP) is 3.56. The predicted molar refractivity (Wildman–Crippen MR) is 99.5 cm³/mol. The maximum atomic E-state index is 12.4. The fraction of sp³-hybridized carbons (Fsp3) is 0.222. The Morgan fingerprint density at radius 3 is 2.23 bits per heavy atom. The number of carbonyl (C=O) groups is 2. The van der Waals surface area contributed by atoms with Gasteiger partial charge in [0.25, 0.3) is 5.91 Å². The highest BCUT2D eigenvalue weighted by molar-refractivity contribution is 7.90. The Labute approximate surface area is 157 Å². The molecule has 0 aliphatic carbocycles. The third kappa shape index (κ3) is 5.06. The highest BCUT2D eigenvalue weighted by atomic mass is 35.5. The Kier molecular flexibility index (Phi) is 6.05. The fourth-order valence-corrected chi connectivity index (χ4v) is 2.93. The van der Waals surface area contributed by atoms with Gasteiger partial charge in [-0.25, -0.2) is 13.2 Å². The van der Waals surface area contributed by atoms with E-state index in [2.05, 4.69) is 5.32 Å². The van der Waals surface area contributed by atoms with Crippen LogP contribution >= 0.6 is 11.6 Å². The molecule has 0 aliphatic rings. The minimum absolute atomic E-state index is 0.00108. The normalized spacial score (nSPS) is 11.3. The van der Waals surface area contributed by atoms with Crippen LogP contribution in [0.3, 0.4) is 0 Å². The number of halogens is 1. The summed E-state index contributed by atoms with van der Waals surface area (Å²) >= 11 is 6.01. The molecule has 0 saturated heterocycles. The van der Waals surface area contributed by atoms with Gasteiger partial charge in [-0.1, -0.05) is 11.6 Å². The number of ether oxygens (including phenoxy) is 1. The van der Waals surface area contributed by atoms with E-state index in [1.807, 2.05) is 0 Å².